The van der Waals surface area contributed by atoms with Crippen molar-refractivity contribution in [1.82, 2.24) is 25.4 Å². The molecule has 1 aromatic heterocycles. The van der Waals surface area contributed by atoms with Crippen LogP contribution in [0.15, 0.2) is 35.6 Å². The summed E-state index contributed by atoms with van der Waals surface area (Å²) in [5.74, 6) is 2.77. The van der Waals surface area contributed by atoms with Crippen LogP contribution in [-0.2, 0) is 17.7 Å². The molecule has 162 valence electrons. The van der Waals surface area contributed by atoms with E-state index in [1.54, 1.807) is 6.33 Å². The Morgan fingerprint density at radius 2 is 2.17 bits per heavy atom. The summed E-state index contributed by atoms with van der Waals surface area (Å²) in [6.07, 6.45) is 7.23. The fourth-order valence-electron chi connectivity index (χ4n) is 3.99. The molecule has 2 aliphatic heterocycles. The van der Waals surface area contributed by atoms with Gasteiger partial charge in [0.1, 0.15) is 17.9 Å². The Morgan fingerprint density at radius 1 is 1.23 bits per heavy atom. The van der Waals surface area contributed by atoms with Gasteiger partial charge in [-0.25, -0.2) is 0 Å². The summed E-state index contributed by atoms with van der Waals surface area (Å²) in [4.78, 5) is 4.86. The van der Waals surface area contributed by atoms with Gasteiger partial charge in [-0.2, -0.15) is 0 Å². The number of hydrogen-bond donors (Lipinski definition) is 2. The van der Waals surface area contributed by atoms with Gasteiger partial charge >= 0.3 is 0 Å². The third kappa shape index (κ3) is 5.30. The molecule has 0 radical (unpaired) electrons. The van der Waals surface area contributed by atoms with E-state index in [1.807, 2.05) is 12.1 Å². The summed E-state index contributed by atoms with van der Waals surface area (Å²) in [7, 11) is 0. The molecule has 0 bridgehead atoms. The van der Waals surface area contributed by atoms with Crippen LogP contribution in [0.5, 0.6) is 5.75 Å². The minimum absolute atomic E-state index is 0.176. The molecule has 0 aliphatic carbocycles. The predicted molar refractivity (Wildman–Crippen MR) is 116 cm³/mol. The zero-order chi connectivity index (χ0) is 20.6. The number of para-hydroxylation sites is 1. The van der Waals surface area contributed by atoms with Crippen molar-refractivity contribution in [2.75, 3.05) is 26.3 Å². The number of aryl methyl sites for hydroxylation is 1. The molecule has 3 heterocycles. The van der Waals surface area contributed by atoms with Crippen LogP contribution in [-0.4, -0.2) is 53.1 Å². The van der Waals surface area contributed by atoms with Gasteiger partial charge in [0.15, 0.2) is 5.96 Å². The molecule has 0 amide bonds. The van der Waals surface area contributed by atoms with Crippen molar-refractivity contribution in [3.05, 3.63) is 42.0 Å². The summed E-state index contributed by atoms with van der Waals surface area (Å²) in [5, 5.41) is 15.3. The minimum Gasteiger partial charge on any atom is -0.493 e. The van der Waals surface area contributed by atoms with Crippen molar-refractivity contribution in [2.45, 2.75) is 57.7 Å². The molecule has 1 fully saturated rings. The molecule has 1 saturated heterocycles. The number of hydrogen-bond acceptors (Lipinski definition) is 5. The van der Waals surface area contributed by atoms with E-state index < -0.39 is 0 Å². The smallest absolute Gasteiger partial charge is 0.191 e. The Morgan fingerprint density at radius 3 is 3.03 bits per heavy atom. The lowest BCUT2D eigenvalue weighted by atomic mass is 10.0. The standard InChI is InChI=1S/C22H32N6O2/c1-2-21-27-25-16-28(21)12-11-23-22(24-15-17-7-5-6-13-29-17)26-19-10-14-30-20-9-4-3-8-18(19)20/h3-4,8-9,16-17,19H,2,5-7,10-15H2,1H3,(H2,23,24,26). The van der Waals surface area contributed by atoms with Crippen LogP contribution in [0.1, 0.15) is 50.0 Å². The normalized spacial score (nSPS) is 21.6. The van der Waals surface area contributed by atoms with Crippen molar-refractivity contribution in [2.24, 2.45) is 4.99 Å². The van der Waals surface area contributed by atoms with Crippen molar-refractivity contribution in [3.63, 3.8) is 0 Å². The van der Waals surface area contributed by atoms with Gasteiger partial charge < -0.3 is 24.7 Å². The number of aromatic nitrogens is 3. The van der Waals surface area contributed by atoms with Crippen molar-refractivity contribution in [3.8, 4) is 5.75 Å². The summed E-state index contributed by atoms with van der Waals surface area (Å²) in [5.41, 5.74) is 1.18. The Kier molecular flexibility index (Phi) is 7.18. The maximum atomic E-state index is 5.86. The number of rotatable bonds is 7. The predicted octanol–water partition coefficient (Wildman–Crippen LogP) is 2.47. The Hall–Kier alpha value is -2.61. The fraction of sp³-hybridized carbons (Fsp3) is 0.591. The number of fused-ring (bicyclic) bond motifs is 1. The molecule has 2 atom stereocenters. The first kappa shape index (κ1) is 20.7. The fourth-order valence-corrected chi connectivity index (χ4v) is 3.99. The van der Waals surface area contributed by atoms with E-state index in [-0.39, 0.29) is 12.1 Å². The maximum Gasteiger partial charge on any atom is 0.191 e. The number of nitrogens with zero attached hydrogens (tertiary/aromatic N) is 4. The first-order chi connectivity index (χ1) is 14.8. The summed E-state index contributed by atoms with van der Waals surface area (Å²) in [6.45, 7) is 5.85. The molecule has 2 aliphatic rings. The van der Waals surface area contributed by atoms with Crippen LogP contribution in [0, 0.1) is 0 Å². The van der Waals surface area contributed by atoms with E-state index in [0.29, 0.717) is 13.2 Å². The number of benzene rings is 1. The molecule has 8 heteroatoms. The SMILES string of the molecule is CCc1nncn1CCNC(=NCC1CCCCO1)NC1CCOc2ccccc21. The molecule has 2 unspecified atom stereocenters. The molecule has 2 aromatic rings. The lowest BCUT2D eigenvalue weighted by Gasteiger charge is -2.28. The van der Waals surface area contributed by atoms with Gasteiger partial charge in [0.25, 0.3) is 0 Å². The van der Waals surface area contributed by atoms with Crippen molar-refractivity contribution >= 4 is 5.96 Å². The first-order valence-electron chi connectivity index (χ1n) is 11.1. The Balaban J connectivity index is 1.41. The Labute approximate surface area is 178 Å². The number of nitrogens with one attached hydrogen (secondary N) is 2. The zero-order valence-electron chi connectivity index (χ0n) is 17.7. The minimum atomic E-state index is 0.176. The van der Waals surface area contributed by atoms with Gasteiger partial charge in [0, 0.05) is 38.1 Å². The second-order valence-electron chi connectivity index (χ2n) is 7.77. The highest BCUT2D eigenvalue weighted by Gasteiger charge is 2.22. The molecular formula is C22H32N6O2. The van der Waals surface area contributed by atoms with E-state index in [4.69, 9.17) is 14.5 Å². The van der Waals surface area contributed by atoms with Crippen LogP contribution >= 0.6 is 0 Å². The highest BCUT2D eigenvalue weighted by atomic mass is 16.5. The monoisotopic (exact) mass is 412 g/mol. The lowest BCUT2D eigenvalue weighted by Crippen LogP contribution is -2.43. The molecular weight excluding hydrogens is 380 g/mol. The number of aliphatic imine (C=N–C) groups is 1. The topological polar surface area (TPSA) is 85.6 Å². The average Bonchev–Trinajstić information content (AvgIpc) is 3.26. The van der Waals surface area contributed by atoms with E-state index in [9.17, 15) is 0 Å². The van der Waals surface area contributed by atoms with Gasteiger partial charge in [-0.3, -0.25) is 4.99 Å². The van der Waals surface area contributed by atoms with E-state index in [0.717, 1.165) is 62.9 Å². The molecule has 2 N–H and O–H groups in total. The third-order valence-electron chi connectivity index (χ3n) is 5.65. The molecule has 0 spiro atoms. The van der Waals surface area contributed by atoms with Gasteiger partial charge in [0.05, 0.1) is 25.3 Å². The Bertz CT molecular complexity index is 831. The van der Waals surface area contributed by atoms with Crippen LogP contribution in [0.3, 0.4) is 0 Å². The summed E-state index contributed by atoms with van der Waals surface area (Å²) < 4.78 is 13.8. The van der Waals surface area contributed by atoms with Crippen LogP contribution < -0.4 is 15.4 Å². The van der Waals surface area contributed by atoms with Gasteiger partial charge in [-0.05, 0) is 25.3 Å². The van der Waals surface area contributed by atoms with Crippen LogP contribution in [0.4, 0.5) is 0 Å². The number of ether oxygens (including phenoxy) is 2. The van der Waals surface area contributed by atoms with E-state index in [1.165, 1.54) is 12.0 Å². The van der Waals surface area contributed by atoms with Gasteiger partial charge in [-0.15, -0.1) is 10.2 Å². The average molecular weight is 413 g/mol. The van der Waals surface area contributed by atoms with Crippen LogP contribution in [0.25, 0.3) is 0 Å². The van der Waals surface area contributed by atoms with E-state index >= 15 is 0 Å². The number of guanidine groups is 1. The largest absolute Gasteiger partial charge is 0.493 e. The van der Waals surface area contributed by atoms with E-state index in [2.05, 4.69) is 44.5 Å². The van der Waals surface area contributed by atoms with Crippen molar-refractivity contribution in [1.29, 1.82) is 0 Å². The molecule has 0 saturated carbocycles. The quantitative estimate of drug-likeness (QED) is 0.537. The lowest BCUT2D eigenvalue weighted by molar-refractivity contribution is 0.0224. The summed E-state index contributed by atoms with van der Waals surface area (Å²) >= 11 is 0. The molecule has 4 rings (SSSR count). The second-order valence-corrected chi connectivity index (χ2v) is 7.77. The highest BCUT2D eigenvalue weighted by molar-refractivity contribution is 5.80. The molecule has 30 heavy (non-hydrogen) atoms. The van der Waals surface area contributed by atoms with Gasteiger partial charge in [-0.1, -0.05) is 25.1 Å². The zero-order valence-corrected chi connectivity index (χ0v) is 17.7. The summed E-state index contributed by atoms with van der Waals surface area (Å²) in [6, 6.07) is 8.40. The second kappa shape index (κ2) is 10.4. The molecule has 1 aromatic carbocycles. The maximum absolute atomic E-state index is 5.86. The third-order valence-corrected chi connectivity index (χ3v) is 5.65. The highest BCUT2D eigenvalue weighted by Crippen LogP contribution is 2.31. The first-order valence-corrected chi connectivity index (χ1v) is 11.1. The van der Waals surface area contributed by atoms with Crippen LogP contribution in [0.2, 0.25) is 0 Å². The molecule has 8 nitrogen and oxygen atoms in total. The van der Waals surface area contributed by atoms with Crippen molar-refractivity contribution < 1.29 is 9.47 Å². The van der Waals surface area contributed by atoms with Gasteiger partial charge in [0.2, 0.25) is 0 Å².